The van der Waals surface area contributed by atoms with Crippen LogP contribution in [0.15, 0.2) is 24.3 Å². The van der Waals surface area contributed by atoms with Crippen LogP contribution in [0.1, 0.15) is 25.3 Å². The Kier molecular flexibility index (Phi) is 5.02. The molecule has 3 heteroatoms. The maximum Gasteiger partial charge on any atom is 0.123 e. The standard InChI is InChI=1S/C15H24N2O/c1-3-6-14-12-17(10-9-16-14)11-13-7-4-5-8-15(13)18-2/h4-5,7-8,14,16H,3,6,9-12H2,1-2H3. The summed E-state index contributed by atoms with van der Waals surface area (Å²) in [7, 11) is 1.75. The lowest BCUT2D eigenvalue weighted by atomic mass is 10.1. The third-order valence-electron chi connectivity index (χ3n) is 3.56. The van der Waals surface area contributed by atoms with E-state index in [0.717, 1.165) is 31.9 Å². The van der Waals surface area contributed by atoms with Crippen molar-refractivity contribution in [1.82, 2.24) is 10.2 Å². The van der Waals surface area contributed by atoms with Crippen molar-refractivity contribution in [3.05, 3.63) is 29.8 Å². The molecule has 2 rings (SSSR count). The first-order valence-electron chi connectivity index (χ1n) is 6.91. The van der Waals surface area contributed by atoms with Crippen LogP contribution in [0.5, 0.6) is 5.75 Å². The second kappa shape index (κ2) is 6.76. The minimum atomic E-state index is 0.651. The molecule has 0 radical (unpaired) electrons. The van der Waals surface area contributed by atoms with Crippen molar-refractivity contribution in [3.63, 3.8) is 0 Å². The zero-order chi connectivity index (χ0) is 12.8. The predicted molar refractivity (Wildman–Crippen MR) is 75.0 cm³/mol. The maximum atomic E-state index is 5.42. The number of hydrogen-bond donors (Lipinski definition) is 1. The van der Waals surface area contributed by atoms with Crippen LogP contribution in [0.25, 0.3) is 0 Å². The Morgan fingerprint density at radius 1 is 1.39 bits per heavy atom. The van der Waals surface area contributed by atoms with Gasteiger partial charge in [0.05, 0.1) is 7.11 Å². The molecule has 1 N–H and O–H groups in total. The van der Waals surface area contributed by atoms with E-state index >= 15 is 0 Å². The van der Waals surface area contributed by atoms with Gasteiger partial charge >= 0.3 is 0 Å². The molecule has 0 bridgehead atoms. The Labute approximate surface area is 110 Å². The average Bonchev–Trinajstić information content (AvgIpc) is 2.40. The zero-order valence-electron chi connectivity index (χ0n) is 11.5. The molecule has 1 fully saturated rings. The number of para-hydroxylation sites is 1. The van der Waals surface area contributed by atoms with Crippen LogP contribution in [0, 0.1) is 0 Å². The summed E-state index contributed by atoms with van der Waals surface area (Å²) >= 11 is 0. The molecule has 0 spiro atoms. The van der Waals surface area contributed by atoms with Crippen LogP contribution in [-0.2, 0) is 6.54 Å². The molecule has 1 heterocycles. The van der Waals surface area contributed by atoms with E-state index in [2.05, 4.69) is 29.3 Å². The molecule has 0 aliphatic carbocycles. The highest BCUT2D eigenvalue weighted by atomic mass is 16.5. The first-order valence-corrected chi connectivity index (χ1v) is 6.91. The lowest BCUT2D eigenvalue weighted by Crippen LogP contribution is -2.50. The molecule has 0 amide bonds. The lowest BCUT2D eigenvalue weighted by molar-refractivity contribution is 0.185. The third-order valence-corrected chi connectivity index (χ3v) is 3.56. The Hall–Kier alpha value is -1.06. The van der Waals surface area contributed by atoms with Gasteiger partial charge in [-0.1, -0.05) is 31.5 Å². The van der Waals surface area contributed by atoms with Gasteiger partial charge in [-0.3, -0.25) is 4.90 Å². The first kappa shape index (κ1) is 13.4. The monoisotopic (exact) mass is 248 g/mol. The fourth-order valence-corrected chi connectivity index (χ4v) is 2.65. The third kappa shape index (κ3) is 3.47. The molecule has 1 aromatic carbocycles. The van der Waals surface area contributed by atoms with Crippen molar-refractivity contribution >= 4 is 0 Å². The summed E-state index contributed by atoms with van der Waals surface area (Å²) < 4.78 is 5.42. The number of nitrogens with one attached hydrogen (secondary N) is 1. The van der Waals surface area contributed by atoms with Crippen LogP contribution >= 0.6 is 0 Å². The fraction of sp³-hybridized carbons (Fsp3) is 0.600. The van der Waals surface area contributed by atoms with Crippen molar-refractivity contribution in [3.8, 4) is 5.75 Å². The maximum absolute atomic E-state index is 5.42. The molecule has 0 aromatic heterocycles. The fourth-order valence-electron chi connectivity index (χ4n) is 2.65. The summed E-state index contributed by atoms with van der Waals surface area (Å²) in [5.41, 5.74) is 1.29. The predicted octanol–water partition coefficient (Wildman–Crippen LogP) is 2.27. The molecule has 1 unspecified atom stereocenters. The van der Waals surface area contributed by atoms with E-state index in [-0.39, 0.29) is 0 Å². The quantitative estimate of drug-likeness (QED) is 0.865. The van der Waals surface area contributed by atoms with Crippen LogP contribution in [0.2, 0.25) is 0 Å². The lowest BCUT2D eigenvalue weighted by Gasteiger charge is -2.33. The number of ether oxygens (including phenoxy) is 1. The smallest absolute Gasteiger partial charge is 0.123 e. The van der Waals surface area contributed by atoms with Gasteiger partial charge in [0, 0.05) is 37.8 Å². The van der Waals surface area contributed by atoms with E-state index in [1.807, 2.05) is 12.1 Å². The van der Waals surface area contributed by atoms with Gasteiger partial charge < -0.3 is 10.1 Å². The molecule has 0 saturated carbocycles. The normalized spacial score (nSPS) is 20.9. The van der Waals surface area contributed by atoms with Gasteiger partial charge in [0.15, 0.2) is 0 Å². The molecule has 100 valence electrons. The average molecular weight is 248 g/mol. The summed E-state index contributed by atoms with van der Waals surface area (Å²) in [6.45, 7) is 6.61. The van der Waals surface area contributed by atoms with E-state index in [9.17, 15) is 0 Å². The topological polar surface area (TPSA) is 24.5 Å². The molecule has 1 aliphatic rings. The zero-order valence-corrected chi connectivity index (χ0v) is 11.5. The number of nitrogens with zero attached hydrogens (tertiary/aromatic N) is 1. The van der Waals surface area contributed by atoms with Crippen molar-refractivity contribution in [2.75, 3.05) is 26.7 Å². The van der Waals surface area contributed by atoms with E-state index in [1.54, 1.807) is 7.11 Å². The summed E-state index contributed by atoms with van der Waals surface area (Å²) in [6, 6.07) is 8.97. The summed E-state index contributed by atoms with van der Waals surface area (Å²) in [5.74, 6) is 1.00. The number of hydrogen-bond acceptors (Lipinski definition) is 3. The largest absolute Gasteiger partial charge is 0.496 e. The van der Waals surface area contributed by atoms with Crippen molar-refractivity contribution in [1.29, 1.82) is 0 Å². The van der Waals surface area contributed by atoms with Crippen molar-refractivity contribution in [2.24, 2.45) is 0 Å². The SMILES string of the molecule is CCCC1CN(Cc2ccccc2OC)CCN1. The number of piperazine rings is 1. The highest BCUT2D eigenvalue weighted by molar-refractivity contribution is 5.33. The second-order valence-electron chi connectivity index (χ2n) is 4.99. The molecule has 1 atom stereocenters. The van der Waals surface area contributed by atoms with Gasteiger partial charge in [-0.25, -0.2) is 0 Å². The van der Waals surface area contributed by atoms with Gasteiger partial charge in [0.2, 0.25) is 0 Å². The molecular formula is C15H24N2O. The molecule has 1 aliphatic heterocycles. The van der Waals surface area contributed by atoms with Crippen LogP contribution in [0.4, 0.5) is 0 Å². The molecule has 18 heavy (non-hydrogen) atoms. The van der Waals surface area contributed by atoms with Gasteiger partial charge in [0.1, 0.15) is 5.75 Å². The van der Waals surface area contributed by atoms with Gasteiger partial charge in [-0.2, -0.15) is 0 Å². The minimum Gasteiger partial charge on any atom is -0.496 e. The Morgan fingerprint density at radius 3 is 3.00 bits per heavy atom. The Balaban J connectivity index is 1.96. The summed E-state index contributed by atoms with van der Waals surface area (Å²) in [5, 5.41) is 3.59. The van der Waals surface area contributed by atoms with E-state index in [4.69, 9.17) is 4.74 Å². The Bertz CT molecular complexity index is 365. The van der Waals surface area contributed by atoms with Gasteiger partial charge in [-0.05, 0) is 12.5 Å². The van der Waals surface area contributed by atoms with Crippen LogP contribution in [0.3, 0.4) is 0 Å². The summed E-state index contributed by atoms with van der Waals surface area (Å²) in [4.78, 5) is 2.52. The highest BCUT2D eigenvalue weighted by Crippen LogP contribution is 2.20. The van der Waals surface area contributed by atoms with E-state index < -0.39 is 0 Å². The molecule has 3 nitrogen and oxygen atoms in total. The molecule has 1 saturated heterocycles. The highest BCUT2D eigenvalue weighted by Gasteiger charge is 2.19. The number of methoxy groups -OCH3 is 1. The van der Waals surface area contributed by atoms with Gasteiger partial charge in [0.25, 0.3) is 0 Å². The molecule has 1 aromatic rings. The van der Waals surface area contributed by atoms with Crippen LogP contribution < -0.4 is 10.1 Å². The van der Waals surface area contributed by atoms with Crippen LogP contribution in [-0.4, -0.2) is 37.7 Å². The van der Waals surface area contributed by atoms with Gasteiger partial charge in [-0.15, -0.1) is 0 Å². The minimum absolute atomic E-state index is 0.651. The first-order chi connectivity index (χ1) is 8.83. The number of rotatable bonds is 5. The van der Waals surface area contributed by atoms with Crippen molar-refractivity contribution in [2.45, 2.75) is 32.4 Å². The Morgan fingerprint density at radius 2 is 2.22 bits per heavy atom. The summed E-state index contributed by atoms with van der Waals surface area (Å²) in [6.07, 6.45) is 2.52. The van der Waals surface area contributed by atoms with Crippen molar-refractivity contribution < 1.29 is 4.74 Å². The second-order valence-corrected chi connectivity index (χ2v) is 4.99. The van der Waals surface area contributed by atoms with E-state index in [1.165, 1.54) is 18.4 Å². The van der Waals surface area contributed by atoms with E-state index in [0.29, 0.717) is 6.04 Å². The number of benzene rings is 1. The molecular weight excluding hydrogens is 224 g/mol.